The number of hydrogen-bond donors (Lipinski definition) is 3. The number of nitrogens with one attached hydrogen (secondary N) is 2. The summed E-state index contributed by atoms with van der Waals surface area (Å²) in [6, 6.07) is 13.1. The van der Waals surface area contributed by atoms with Gasteiger partial charge in [0, 0.05) is 23.4 Å². The van der Waals surface area contributed by atoms with Crippen LogP contribution < -0.4 is 16.5 Å². The summed E-state index contributed by atoms with van der Waals surface area (Å²) in [6.07, 6.45) is 0.399. The quantitative estimate of drug-likeness (QED) is 0.554. The first kappa shape index (κ1) is 23.4. The molecular weight excluding hydrogens is 434 g/mol. The maximum Gasteiger partial charge on any atom is 0.260 e. The second kappa shape index (κ2) is 9.64. The van der Waals surface area contributed by atoms with Crippen LogP contribution in [0.5, 0.6) is 0 Å². The monoisotopic (exact) mass is 463 g/mol. The maximum atomic E-state index is 13.5. The predicted octanol–water partition coefficient (Wildman–Crippen LogP) is 1.22. The fraction of sp³-hybridized carbons (Fsp3) is 0.360. The molecule has 0 bridgehead atoms. The maximum absolute atomic E-state index is 13.5. The molecule has 2 aliphatic rings. The highest BCUT2D eigenvalue weighted by Gasteiger charge is 2.52. The lowest BCUT2D eigenvalue weighted by molar-refractivity contribution is -0.141. The van der Waals surface area contributed by atoms with Crippen LogP contribution in [0.25, 0.3) is 0 Å². The molecule has 0 aliphatic carbocycles. The van der Waals surface area contributed by atoms with Gasteiger partial charge in [-0.25, -0.2) is 5.43 Å². The number of fused-ring (bicyclic) bond motifs is 1. The van der Waals surface area contributed by atoms with Gasteiger partial charge in [-0.2, -0.15) is 0 Å². The van der Waals surface area contributed by atoms with Gasteiger partial charge in [-0.1, -0.05) is 32.0 Å². The summed E-state index contributed by atoms with van der Waals surface area (Å²) in [5.41, 5.74) is 10.1. The second-order valence-electron chi connectivity index (χ2n) is 9.13. The van der Waals surface area contributed by atoms with Crippen molar-refractivity contribution in [1.29, 1.82) is 0 Å². The number of hydrazine groups is 1. The molecule has 4 N–H and O–H groups in total. The Hall–Kier alpha value is -3.72. The minimum absolute atomic E-state index is 0.0544. The third kappa shape index (κ3) is 4.65. The zero-order chi connectivity index (χ0) is 24.4. The number of Topliss-reactive ketones (excluding diaryl/α,β-unsaturated/α-hetero) is 1. The van der Waals surface area contributed by atoms with E-state index in [-0.39, 0.29) is 30.7 Å². The van der Waals surface area contributed by atoms with Crippen LogP contribution in [-0.2, 0) is 9.59 Å². The molecule has 34 heavy (non-hydrogen) atoms. The number of benzene rings is 2. The number of hydrogen-bond acceptors (Lipinski definition) is 6. The molecule has 3 atom stereocenters. The molecule has 0 radical (unpaired) electrons. The average Bonchev–Trinajstić information content (AvgIpc) is 3.39. The summed E-state index contributed by atoms with van der Waals surface area (Å²) in [5, 5.41) is 4.12. The number of ketones is 1. The number of carbonyl (C=O) groups excluding carboxylic acids is 4. The van der Waals surface area contributed by atoms with Crippen LogP contribution in [0.15, 0.2) is 54.6 Å². The standard InChI is InChI=1S/C25H29N5O4/c1-15(2)12-19(28-23(32)16-8-10-18(26)11-9-16)25(34)30-22-20(13-27-30)29(14-21(22)31)24(33)17-6-4-3-5-7-17/h3-11,15,19-20,22,27H,12-14,26H2,1-2H3,(H,28,32)/t19-,20?,22?/m0/s1. The lowest BCUT2D eigenvalue weighted by atomic mass is 10.0. The van der Waals surface area contributed by atoms with Crippen LogP contribution in [0, 0.1) is 5.92 Å². The van der Waals surface area contributed by atoms with Crippen molar-refractivity contribution in [3.05, 3.63) is 65.7 Å². The van der Waals surface area contributed by atoms with Crippen LogP contribution in [0.4, 0.5) is 5.69 Å². The minimum atomic E-state index is -0.831. The van der Waals surface area contributed by atoms with E-state index in [1.54, 1.807) is 48.5 Å². The molecule has 2 aliphatic heterocycles. The van der Waals surface area contributed by atoms with Crippen LogP contribution in [0.3, 0.4) is 0 Å². The molecule has 0 spiro atoms. The number of nitrogens with two attached hydrogens (primary N) is 1. The molecule has 2 heterocycles. The largest absolute Gasteiger partial charge is 0.399 e. The van der Waals surface area contributed by atoms with Gasteiger partial charge in [0.1, 0.15) is 12.1 Å². The van der Waals surface area contributed by atoms with Crippen molar-refractivity contribution in [2.24, 2.45) is 5.92 Å². The minimum Gasteiger partial charge on any atom is -0.399 e. The van der Waals surface area contributed by atoms with Gasteiger partial charge in [-0.05, 0) is 48.7 Å². The van der Waals surface area contributed by atoms with Gasteiger partial charge in [0.15, 0.2) is 5.78 Å². The van der Waals surface area contributed by atoms with E-state index in [4.69, 9.17) is 5.73 Å². The summed E-state index contributed by atoms with van der Waals surface area (Å²) in [4.78, 5) is 53.7. The molecule has 0 aromatic heterocycles. The third-order valence-corrected chi connectivity index (χ3v) is 6.17. The molecule has 4 rings (SSSR count). The van der Waals surface area contributed by atoms with E-state index >= 15 is 0 Å². The fourth-order valence-corrected chi connectivity index (χ4v) is 4.51. The van der Waals surface area contributed by atoms with Gasteiger partial charge in [0.25, 0.3) is 17.7 Å². The van der Waals surface area contributed by atoms with E-state index in [0.29, 0.717) is 23.2 Å². The molecule has 2 fully saturated rings. The molecular formula is C25H29N5O4. The van der Waals surface area contributed by atoms with Crippen molar-refractivity contribution in [1.82, 2.24) is 20.7 Å². The van der Waals surface area contributed by atoms with Gasteiger partial charge in [-0.3, -0.25) is 24.2 Å². The number of nitrogen functional groups attached to an aromatic ring is 1. The smallest absolute Gasteiger partial charge is 0.260 e. The highest BCUT2D eigenvalue weighted by molar-refractivity contribution is 6.03. The van der Waals surface area contributed by atoms with E-state index in [1.165, 1.54) is 9.91 Å². The van der Waals surface area contributed by atoms with Gasteiger partial charge in [-0.15, -0.1) is 0 Å². The normalized spacial score (nSPS) is 20.4. The highest BCUT2D eigenvalue weighted by Crippen LogP contribution is 2.27. The number of amides is 3. The van der Waals surface area contributed by atoms with Gasteiger partial charge in [0.05, 0.1) is 12.6 Å². The number of anilines is 1. The zero-order valence-corrected chi connectivity index (χ0v) is 19.2. The van der Waals surface area contributed by atoms with Crippen molar-refractivity contribution >= 4 is 29.2 Å². The van der Waals surface area contributed by atoms with Gasteiger partial charge in [0.2, 0.25) is 0 Å². The first-order chi connectivity index (χ1) is 16.3. The Morgan fingerprint density at radius 3 is 2.38 bits per heavy atom. The average molecular weight is 464 g/mol. The highest BCUT2D eigenvalue weighted by atomic mass is 16.2. The molecule has 178 valence electrons. The van der Waals surface area contributed by atoms with Gasteiger partial charge >= 0.3 is 0 Å². The third-order valence-electron chi connectivity index (χ3n) is 6.17. The van der Waals surface area contributed by atoms with Gasteiger partial charge < -0.3 is 16.0 Å². The molecule has 3 amide bonds. The molecule has 2 aromatic rings. The van der Waals surface area contributed by atoms with Crippen LogP contribution in [-0.4, -0.2) is 64.6 Å². The molecule has 2 unspecified atom stereocenters. The van der Waals surface area contributed by atoms with E-state index in [0.717, 1.165) is 0 Å². The lowest BCUT2D eigenvalue weighted by Gasteiger charge is -2.28. The van der Waals surface area contributed by atoms with Crippen molar-refractivity contribution in [3.8, 4) is 0 Å². The Bertz CT molecular complexity index is 1090. The molecule has 2 saturated heterocycles. The molecule has 9 nitrogen and oxygen atoms in total. The van der Waals surface area contributed by atoms with E-state index in [2.05, 4.69) is 10.7 Å². The van der Waals surface area contributed by atoms with E-state index in [1.807, 2.05) is 19.9 Å². The SMILES string of the molecule is CC(C)C[C@H](NC(=O)c1ccc(N)cc1)C(=O)N1NCC2C1C(=O)CN2C(=O)c1ccccc1. The summed E-state index contributed by atoms with van der Waals surface area (Å²) in [7, 11) is 0. The first-order valence-electron chi connectivity index (χ1n) is 11.4. The topological polar surface area (TPSA) is 125 Å². The Morgan fingerprint density at radius 2 is 1.74 bits per heavy atom. The van der Waals surface area contributed by atoms with E-state index in [9.17, 15) is 19.2 Å². The van der Waals surface area contributed by atoms with Crippen molar-refractivity contribution in [2.75, 3.05) is 18.8 Å². The summed E-state index contributed by atoms with van der Waals surface area (Å²) < 4.78 is 0. The summed E-state index contributed by atoms with van der Waals surface area (Å²) >= 11 is 0. The number of carbonyl (C=O) groups is 4. The molecule has 9 heteroatoms. The first-order valence-corrected chi connectivity index (χ1v) is 11.4. The van der Waals surface area contributed by atoms with Crippen LogP contribution in [0.1, 0.15) is 41.0 Å². The Balaban J connectivity index is 1.51. The van der Waals surface area contributed by atoms with Crippen LogP contribution in [0.2, 0.25) is 0 Å². The predicted molar refractivity (Wildman–Crippen MR) is 126 cm³/mol. The van der Waals surface area contributed by atoms with Crippen molar-refractivity contribution in [3.63, 3.8) is 0 Å². The zero-order valence-electron chi connectivity index (χ0n) is 19.2. The number of rotatable bonds is 6. The Morgan fingerprint density at radius 1 is 1.06 bits per heavy atom. The van der Waals surface area contributed by atoms with Crippen LogP contribution >= 0.6 is 0 Å². The molecule has 0 saturated carbocycles. The summed E-state index contributed by atoms with van der Waals surface area (Å²) in [5.74, 6) is -1.12. The second-order valence-corrected chi connectivity index (χ2v) is 9.13. The van der Waals surface area contributed by atoms with E-state index < -0.39 is 29.9 Å². The number of likely N-dealkylation sites (tertiary alicyclic amines) is 1. The Labute approximate surface area is 198 Å². The summed E-state index contributed by atoms with van der Waals surface area (Å²) in [6.45, 7) is 4.13. The fourth-order valence-electron chi connectivity index (χ4n) is 4.51. The van der Waals surface area contributed by atoms with Crippen molar-refractivity contribution < 1.29 is 19.2 Å². The number of nitrogens with zero attached hydrogens (tertiary/aromatic N) is 2. The Kier molecular flexibility index (Phi) is 6.65. The van der Waals surface area contributed by atoms with Crippen molar-refractivity contribution in [2.45, 2.75) is 38.4 Å². The molecule has 2 aromatic carbocycles. The lowest BCUT2D eigenvalue weighted by Crippen LogP contribution is -2.55.